The van der Waals surface area contributed by atoms with Gasteiger partial charge in [0.2, 0.25) is 0 Å². The number of carbonyl (C=O) groups excluding carboxylic acids is 1. The predicted octanol–water partition coefficient (Wildman–Crippen LogP) is 1.36. The second-order valence-corrected chi connectivity index (χ2v) is 6.09. The summed E-state index contributed by atoms with van der Waals surface area (Å²) >= 11 is 0. The van der Waals surface area contributed by atoms with Gasteiger partial charge in [0.25, 0.3) is 5.91 Å². The first-order chi connectivity index (χ1) is 10.4. The van der Waals surface area contributed by atoms with Gasteiger partial charge in [-0.15, -0.1) is 0 Å². The Labute approximate surface area is 127 Å². The van der Waals surface area contributed by atoms with Crippen molar-refractivity contribution in [3.8, 4) is 0 Å². The summed E-state index contributed by atoms with van der Waals surface area (Å²) in [6.45, 7) is 4.31. The number of hydrogen-bond acceptors (Lipinski definition) is 4. The van der Waals surface area contributed by atoms with Gasteiger partial charge in [0.1, 0.15) is 5.56 Å². The smallest absolute Gasteiger partial charge is 0.311 e. The van der Waals surface area contributed by atoms with Gasteiger partial charge in [0, 0.05) is 25.0 Å². The summed E-state index contributed by atoms with van der Waals surface area (Å²) < 4.78 is 1.56. The number of piperidine rings is 1. The second-order valence-electron chi connectivity index (χ2n) is 6.09. The summed E-state index contributed by atoms with van der Waals surface area (Å²) in [4.78, 5) is 30.1. The lowest BCUT2D eigenvalue weighted by Crippen LogP contribution is -2.48. The fourth-order valence-corrected chi connectivity index (χ4v) is 2.87. The highest BCUT2D eigenvalue weighted by Crippen LogP contribution is 2.30. The Morgan fingerprint density at radius 3 is 2.91 bits per heavy atom. The molecule has 1 aliphatic heterocycles. The highest BCUT2D eigenvalue weighted by atomic mass is 16.4. The van der Waals surface area contributed by atoms with Crippen LogP contribution in [0, 0.1) is 12.3 Å². The molecular weight excluding hydrogens is 284 g/mol. The molecule has 0 aliphatic carbocycles. The molecule has 1 atom stereocenters. The maximum Gasteiger partial charge on any atom is 0.311 e. The van der Waals surface area contributed by atoms with Crippen LogP contribution in [-0.2, 0) is 4.79 Å². The molecule has 0 radical (unpaired) electrons. The van der Waals surface area contributed by atoms with Crippen molar-refractivity contribution in [3.63, 3.8) is 0 Å². The van der Waals surface area contributed by atoms with Gasteiger partial charge in [-0.2, -0.15) is 5.10 Å². The second kappa shape index (κ2) is 5.08. The van der Waals surface area contributed by atoms with Crippen molar-refractivity contribution in [1.82, 2.24) is 19.5 Å². The molecule has 2 aromatic rings. The molecule has 3 rings (SSSR count). The van der Waals surface area contributed by atoms with Crippen LogP contribution >= 0.6 is 0 Å². The van der Waals surface area contributed by atoms with Crippen molar-refractivity contribution in [2.75, 3.05) is 13.1 Å². The number of aryl methyl sites for hydroxylation is 1. The van der Waals surface area contributed by atoms with E-state index in [2.05, 4.69) is 10.1 Å². The van der Waals surface area contributed by atoms with E-state index in [0.717, 1.165) is 5.69 Å². The van der Waals surface area contributed by atoms with E-state index in [1.54, 1.807) is 22.5 Å². The van der Waals surface area contributed by atoms with E-state index in [1.165, 1.54) is 6.20 Å². The molecule has 1 fully saturated rings. The standard InChI is InChI=1S/C15H18N4O3/c1-10-4-7-19-12(17-10)11(8-16-19)13(20)18-6-3-5-15(2,9-18)14(21)22/h4,7-8H,3,5-6,9H2,1-2H3,(H,21,22). The maximum atomic E-state index is 12.7. The van der Waals surface area contributed by atoms with E-state index in [4.69, 9.17) is 0 Å². The lowest BCUT2D eigenvalue weighted by atomic mass is 9.82. The van der Waals surface area contributed by atoms with Crippen molar-refractivity contribution in [2.45, 2.75) is 26.7 Å². The van der Waals surface area contributed by atoms with Gasteiger partial charge in [0.15, 0.2) is 5.65 Å². The minimum atomic E-state index is -0.889. The number of carboxylic acids is 1. The molecule has 0 aromatic carbocycles. The van der Waals surface area contributed by atoms with Crippen LogP contribution in [0.15, 0.2) is 18.5 Å². The molecule has 1 unspecified atom stereocenters. The van der Waals surface area contributed by atoms with Crippen LogP contribution < -0.4 is 0 Å². The summed E-state index contributed by atoms with van der Waals surface area (Å²) in [5.41, 5.74) is 0.835. The third-order valence-electron chi connectivity index (χ3n) is 4.24. The van der Waals surface area contributed by atoms with Crippen LogP contribution in [-0.4, -0.2) is 49.6 Å². The first kappa shape index (κ1) is 14.5. The summed E-state index contributed by atoms with van der Waals surface area (Å²) in [6.07, 6.45) is 4.52. The van der Waals surface area contributed by atoms with Crippen molar-refractivity contribution in [2.24, 2.45) is 5.41 Å². The van der Waals surface area contributed by atoms with E-state index in [-0.39, 0.29) is 12.5 Å². The molecule has 0 spiro atoms. The zero-order valence-electron chi connectivity index (χ0n) is 12.6. The van der Waals surface area contributed by atoms with Crippen molar-refractivity contribution in [3.05, 3.63) is 29.7 Å². The lowest BCUT2D eigenvalue weighted by Gasteiger charge is -2.37. The Balaban J connectivity index is 1.92. The molecule has 22 heavy (non-hydrogen) atoms. The Kier molecular flexibility index (Phi) is 3.35. The minimum Gasteiger partial charge on any atom is -0.481 e. The molecule has 1 N–H and O–H groups in total. The average Bonchev–Trinajstić information content (AvgIpc) is 2.89. The molecular formula is C15H18N4O3. The Morgan fingerprint density at radius 1 is 1.41 bits per heavy atom. The molecule has 0 saturated carbocycles. The van der Waals surface area contributed by atoms with Gasteiger partial charge in [-0.05, 0) is 32.8 Å². The van der Waals surface area contributed by atoms with Crippen molar-refractivity contribution in [1.29, 1.82) is 0 Å². The third-order valence-corrected chi connectivity index (χ3v) is 4.24. The number of carbonyl (C=O) groups is 2. The number of rotatable bonds is 2. The molecule has 7 heteroatoms. The number of aliphatic carboxylic acids is 1. The van der Waals surface area contributed by atoms with E-state index in [9.17, 15) is 14.7 Å². The zero-order valence-corrected chi connectivity index (χ0v) is 12.6. The summed E-state index contributed by atoms with van der Waals surface area (Å²) in [6, 6.07) is 1.82. The number of nitrogens with zero attached hydrogens (tertiary/aromatic N) is 4. The van der Waals surface area contributed by atoms with Crippen LogP contribution in [0.2, 0.25) is 0 Å². The van der Waals surface area contributed by atoms with Crippen LogP contribution in [0.1, 0.15) is 35.8 Å². The van der Waals surface area contributed by atoms with Crippen molar-refractivity contribution < 1.29 is 14.7 Å². The highest BCUT2D eigenvalue weighted by Gasteiger charge is 2.40. The number of carboxylic acid groups (broad SMARTS) is 1. The summed E-state index contributed by atoms with van der Waals surface area (Å²) in [5, 5.41) is 13.5. The third kappa shape index (κ3) is 2.32. The monoisotopic (exact) mass is 302 g/mol. The van der Waals surface area contributed by atoms with Gasteiger partial charge >= 0.3 is 5.97 Å². The fourth-order valence-electron chi connectivity index (χ4n) is 2.87. The molecule has 3 heterocycles. The maximum absolute atomic E-state index is 12.7. The van der Waals surface area contributed by atoms with Gasteiger partial charge in [0.05, 0.1) is 11.6 Å². The number of hydrogen-bond donors (Lipinski definition) is 1. The molecule has 7 nitrogen and oxygen atoms in total. The van der Waals surface area contributed by atoms with Gasteiger partial charge in [-0.25, -0.2) is 9.50 Å². The zero-order chi connectivity index (χ0) is 15.9. The van der Waals surface area contributed by atoms with E-state index < -0.39 is 11.4 Å². The molecule has 2 aromatic heterocycles. The number of fused-ring (bicyclic) bond motifs is 1. The molecule has 1 aliphatic rings. The van der Waals surface area contributed by atoms with Crippen molar-refractivity contribution >= 4 is 17.5 Å². The fraction of sp³-hybridized carbons (Fsp3) is 0.467. The van der Waals surface area contributed by atoms with Gasteiger partial charge in [-0.3, -0.25) is 9.59 Å². The topological polar surface area (TPSA) is 87.8 Å². The molecule has 116 valence electrons. The highest BCUT2D eigenvalue weighted by molar-refractivity contribution is 6.00. The normalized spacial score (nSPS) is 22.0. The van der Waals surface area contributed by atoms with Gasteiger partial charge < -0.3 is 10.0 Å². The first-order valence-corrected chi connectivity index (χ1v) is 7.24. The van der Waals surface area contributed by atoms with Crippen LogP contribution in [0.4, 0.5) is 0 Å². The number of likely N-dealkylation sites (tertiary alicyclic amines) is 1. The summed E-state index contributed by atoms with van der Waals surface area (Å²) in [5.74, 6) is -1.07. The van der Waals surface area contributed by atoms with E-state index >= 15 is 0 Å². The Morgan fingerprint density at radius 2 is 2.18 bits per heavy atom. The Bertz CT molecular complexity index is 754. The number of aromatic nitrogens is 3. The van der Waals surface area contributed by atoms with E-state index in [1.807, 2.05) is 13.0 Å². The van der Waals surface area contributed by atoms with Crippen LogP contribution in [0.5, 0.6) is 0 Å². The SMILES string of the molecule is Cc1ccn2ncc(C(=O)N3CCCC(C)(C(=O)O)C3)c2n1. The molecule has 0 bridgehead atoms. The van der Waals surface area contributed by atoms with Crippen LogP contribution in [0.3, 0.4) is 0 Å². The summed E-state index contributed by atoms with van der Waals surface area (Å²) in [7, 11) is 0. The average molecular weight is 302 g/mol. The predicted molar refractivity (Wildman–Crippen MR) is 78.6 cm³/mol. The lowest BCUT2D eigenvalue weighted by molar-refractivity contribution is -0.150. The van der Waals surface area contributed by atoms with Crippen LogP contribution in [0.25, 0.3) is 5.65 Å². The Hall–Kier alpha value is -2.44. The minimum absolute atomic E-state index is 0.208. The van der Waals surface area contributed by atoms with E-state index in [0.29, 0.717) is 30.6 Å². The molecule has 1 saturated heterocycles. The first-order valence-electron chi connectivity index (χ1n) is 7.24. The van der Waals surface area contributed by atoms with Gasteiger partial charge in [-0.1, -0.05) is 0 Å². The quantitative estimate of drug-likeness (QED) is 0.905. The number of amides is 1. The molecule has 1 amide bonds. The largest absolute Gasteiger partial charge is 0.481 e.